The summed E-state index contributed by atoms with van der Waals surface area (Å²) in [5.74, 6) is -0.00445. The molecule has 0 aliphatic heterocycles. The first-order chi connectivity index (χ1) is 11.0. The third-order valence-corrected chi connectivity index (χ3v) is 5.97. The minimum atomic E-state index is -3.55. The quantitative estimate of drug-likeness (QED) is 0.810. The zero-order chi connectivity index (χ0) is 16.3. The maximum Gasteiger partial charge on any atom is 0.338 e. The van der Waals surface area contributed by atoms with Gasteiger partial charge in [0.1, 0.15) is 0 Å². The Morgan fingerprint density at radius 3 is 2.57 bits per heavy atom. The monoisotopic (exact) mass is 337 g/mol. The van der Waals surface area contributed by atoms with E-state index in [0.717, 1.165) is 25.7 Å². The Kier molecular flexibility index (Phi) is 5.02. The van der Waals surface area contributed by atoms with Crippen molar-refractivity contribution in [2.75, 3.05) is 6.61 Å². The first-order valence-electron chi connectivity index (χ1n) is 8.34. The topological polar surface area (TPSA) is 72.5 Å². The molecule has 0 radical (unpaired) electrons. The first kappa shape index (κ1) is 16.5. The number of carbonyl (C=O) groups is 1. The average molecular weight is 337 g/mol. The van der Waals surface area contributed by atoms with Gasteiger partial charge in [-0.2, -0.15) is 0 Å². The van der Waals surface area contributed by atoms with Crippen LogP contribution >= 0.6 is 0 Å². The Labute approximate surface area is 137 Å². The van der Waals surface area contributed by atoms with E-state index in [0.29, 0.717) is 18.1 Å². The van der Waals surface area contributed by atoms with Crippen molar-refractivity contribution >= 4 is 16.0 Å². The third-order valence-electron chi connectivity index (χ3n) is 4.45. The molecule has 1 aromatic carbocycles. The Morgan fingerprint density at radius 1 is 1.13 bits per heavy atom. The minimum Gasteiger partial charge on any atom is -0.462 e. The molecule has 126 valence electrons. The molecule has 6 heteroatoms. The number of hydrogen-bond acceptors (Lipinski definition) is 4. The van der Waals surface area contributed by atoms with E-state index in [1.165, 1.54) is 31.4 Å². The molecule has 0 aromatic heterocycles. The fraction of sp³-hybridized carbons (Fsp3) is 0.588. The maximum atomic E-state index is 12.2. The van der Waals surface area contributed by atoms with E-state index >= 15 is 0 Å². The van der Waals surface area contributed by atoms with Crippen molar-refractivity contribution in [2.45, 2.75) is 55.9 Å². The highest BCUT2D eigenvalue weighted by Crippen LogP contribution is 2.25. The van der Waals surface area contributed by atoms with Crippen molar-refractivity contribution in [2.24, 2.45) is 5.92 Å². The summed E-state index contributed by atoms with van der Waals surface area (Å²) in [7, 11) is -3.55. The molecule has 0 atom stereocenters. The van der Waals surface area contributed by atoms with E-state index in [-0.39, 0.29) is 10.9 Å². The van der Waals surface area contributed by atoms with Crippen LogP contribution in [-0.2, 0) is 14.8 Å². The standard InChI is InChI=1S/C17H23NO4S/c19-17(22-12-13-5-2-1-3-6-13)14-7-4-8-16(11-14)23(20,21)18-15-9-10-15/h4,7-8,11,13,15,18H,1-3,5-6,9-10,12H2. The van der Waals surface area contributed by atoms with Gasteiger partial charge in [-0.1, -0.05) is 25.3 Å². The van der Waals surface area contributed by atoms with E-state index in [1.807, 2.05) is 0 Å². The summed E-state index contributed by atoms with van der Waals surface area (Å²) in [6.45, 7) is 0.427. The normalized spacial score (nSPS) is 19.5. The van der Waals surface area contributed by atoms with Gasteiger partial charge < -0.3 is 4.74 Å². The highest BCUT2D eigenvalue weighted by atomic mass is 32.2. The third kappa shape index (κ3) is 4.54. The second-order valence-electron chi connectivity index (χ2n) is 6.53. The molecule has 2 aliphatic carbocycles. The molecule has 0 saturated heterocycles. The minimum absolute atomic E-state index is 0.0434. The number of benzene rings is 1. The van der Waals surface area contributed by atoms with Crippen LogP contribution in [0.15, 0.2) is 29.2 Å². The van der Waals surface area contributed by atoms with Gasteiger partial charge in [0, 0.05) is 6.04 Å². The molecule has 1 N–H and O–H groups in total. The molecule has 2 fully saturated rings. The van der Waals surface area contributed by atoms with Crippen LogP contribution in [0.4, 0.5) is 0 Å². The summed E-state index contributed by atoms with van der Waals surface area (Å²) < 4.78 is 32.4. The van der Waals surface area contributed by atoms with E-state index in [1.54, 1.807) is 12.1 Å². The Balaban J connectivity index is 1.62. The molecule has 0 unspecified atom stereocenters. The van der Waals surface area contributed by atoms with Gasteiger partial charge in [0.05, 0.1) is 17.1 Å². The number of ether oxygens (including phenoxy) is 1. The second-order valence-corrected chi connectivity index (χ2v) is 8.24. The zero-order valence-corrected chi connectivity index (χ0v) is 14.0. The summed E-state index contributed by atoms with van der Waals surface area (Å²) in [6.07, 6.45) is 7.62. The van der Waals surface area contributed by atoms with Gasteiger partial charge in [0.2, 0.25) is 10.0 Å². The second kappa shape index (κ2) is 7.01. The molecular formula is C17H23NO4S. The highest BCUT2D eigenvalue weighted by molar-refractivity contribution is 7.89. The molecule has 0 bridgehead atoms. The van der Waals surface area contributed by atoms with Gasteiger partial charge in [-0.3, -0.25) is 0 Å². The van der Waals surface area contributed by atoms with Crippen LogP contribution in [-0.4, -0.2) is 27.0 Å². The Bertz CT molecular complexity index is 661. The molecule has 5 nitrogen and oxygen atoms in total. The van der Waals surface area contributed by atoms with Crippen molar-refractivity contribution in [1.29, 1.82) is 0 Å². The van der Waals surface area contributed by atoms with Gasteiger partial charge in [-0.05, 0) is 49.8 Å². The summed E-state index contributed by atoms with van der Waals surface area (Å²) in [5.41, 5.74) is 0.291. The Morgan fingerprint density at radius 2 is 1.87 bits per heavy atom. The van der Waals surface area contributed by atoms with E-state index in [9.17, 15) is 13.2 Å². The smallest absolute Gasteiger partial charge is 0.338 e. The van der Waals surface area contributed by atoms with Crippen LogP contribution in [0.1, 0.15) is 55.3 Å². The fourth-order valence-electron chi connectivity index (χ4n) is 2.91. The summed E-state index contributed by atoms with van der Waals surface area (Å²) in [5, 5.41) is 0. The number of hydrogen-bond donors (Lipinski definition) is 1. The van der Waals surface area contributed by atoms with Gasteiger partial charge in [-0.15, -0.1) is 0 Å². The van der Waals surface area contributed by atoms with Crippen molar-refractivity contribution in [3.8, 4) is 0 Å². The van der Waals surface area contributed by atoms with Gasteiger partial charge in [-0.25, -0.2) is 17.9 Å². The lowest BCUT2D eigenvalue weighted by Gasteiger charge is -2.21. The van der Waals surface area contributed by atoms with Crippen LogP contribution in [0.2, 0.25) is 0 Å². The lowest BCUT2D eigenvalue weighted by atomic mass is 9.90. The molecule has 23 heavy (non-hydrogen) atoms. The predicted molar refractivity (Wildman–Crippen MR) is 86.6 cm³/mol. The number of rotatable bonds is 6. The highest BCUT2D eigenvalue weighted by Gasteiger charge is 2.28. The van der Waals surface area contributed by atoms with Crippen LogP contribution in [0, 0.1) is 5.92 Å². The van der Waals surface area contributed by atoms with Crippen LogP contribution in [0.25, 0.3) is 0 Å². The molecule has 2 aliphatic rings. The lowest BCUT2D eigenvalue weighted by Crippen LogP contribution is -2.26. The predicted octanol–water partition coefficient (Wildman–Crippen LogP) is 2.86. The van der Waals surface area contributed by atoms with Crippen molar-refractivity contribution in [3.63, 3.8) is 0 Å². The van der Waals surface area contributed by atoms with Crippen LogP contribution in [0.5, 0.6) is 0 Å². The molecule has 0 spiro atoms. The molecule has 2 saturated carbocycles. The van der Waals surface area contributed by atoms with Crippen molar-refractivity contribution in [3.05, 3.63) is 29.8 Å². The van der Waals surface area contributed by atoms with Crippen LogP contribution < -0.4 is 4.72 Å². The molecule has 0 heterocycles. The molecule has 0 amide bonds. The first-order valence-corrected chi connectivity index (χ1v) is 9.82. The van der Waals surface area contributed by atoms with Gasteiger partial charge in [0.15, 0.2) is 0 Å². The summed E-state index contributed by atoms with van der Waals surface area (Å²) in [4.78, 5) is 12.3. The van der Waals surface area contributed by atoms with Crippen molar-refractivity contribution in [1.82, 2.24) is 4.72 Å². The number of carbonyl (C=O) groups excluding carboxylic acids is 1. The van der Waals surface area contributed by atoms with Gasteiger partial charge >= 0.3 is 5.97 Å². The SMILES string of the molecule is O=C(OCC1CCCCC1)c1cccc(S(=O)(=O)NC2CC2)c1. The number of sulfonamides is 1. The van der Waals surface area contributed by atoms with E-state index in [4.69, 9.17) is 4.74 Å². The molecule has 3 rings (SSSR count). The Hall–Kier alpha value is -1.40. The zero-order valence-electron chi connectivity index (χ0n) is 13.2. The van der Waals surface area contributed by atoms with Gasteiger partial charge in [0.25, 0.3) is 0 Å². The van der Waals surface area contributed by atoms with Crippen molar-refractivity contribution < 1.29 is 17.9 Å². The molecule has 1 aromatic rings. The average Bonchev–Trinajstić information content (AvgIpc) is 3.37. The lowest BCUT2D eigenvalue weighted by molar-refractivity contribution is 0.0410. The summed E-state index contributed by atoms with van der Waals surface area (Å²) in [6, 6.07) is 6.12. The largest absolute Gasteiger partial charge is 0.462 e. The maximum absolute atomic E-state index is 12.2. The number of esters is 1. The summed E-state index contributed by atoms with van der Waals surface area (Å²) >= 11 is 0. The van der Waals surface area contributed by atoms with Crippen LogP contribution in [0.3, 0.4) is 0 Å². The fourth-order valence-corrected chi connectivity index (χ4v) is 4.26. The van der Waals surface area contributed by atoms with E-state index in [2.05, 4.69) is 4.72 Å². The molecular weight excluding hydrogens is 314 g/mol. The number of nitrogens with one attached hydrogen (secondary N) is 1. The van der Waals surface area contributed by atoms with E-state index < -0.39 is 16.0 Å².